The second-order valence-electron chi connectivity index (χ2n) is 6.62. The summed E-state index contributed by atoms with van der Waals surface area (Å²) < 4.78 is 9.87. The van der Waals surface area contributed by atoms with E-state index < -0.39 is 30.3 Å². The number of esters is 1. The summed E-state index contributed by atoms with van der Waals surface area (Å²) >= 11 is 0. The molecule has 2 heterocycles. The van der Waals surface area contributed by atoms with Crippen LogP contribution in [0.2, 0.25) is 0 Å². The van der Waals surface area contributed by atoms with Crippen LogP contribution in [0.5, 0.6) is 0 Å². The first kappa shape index (κ1) is 20.1. The number of amides is 3. The molecule has 3 rings (SSSR count). The molecule has 2 atom stereocenters. The standard InChI is InChI=1S/C20H21N3O6/c1-13(14-6-3-2-4-7-14)23-11-15(10-18(23)25)20(27)29-12-17(24)21-22-19(26)16-8-5-9-28-16/h2-9,13,15H,10-12H2,1H3,(H,21,24)(H,22,26)/t13-,15-/m0/s1. The highest BCUT2D eigenvalue weighted by Crippen LogP contribution is 2.28. The van der Waals surface area contributed by atoms with Gasteiger partial charge in [-0.05, 0) is 24.6 Å². The first-order valence-corrected chi connectivity index (χ1v) is 9.09. The molecule has 0 aliphatic carbocycles. The number of nitrogens with one attached hydrogen (secondary N) is 2. The van der Waals surface area contributed by atoms with E-state index in [2.05, 4.69) is 10.9 Å². The maximum absolute atomic E-state index is 12.3. The Morgan fingerprint density at radius 2 is 1.93 bits per heavy atom. The molecule has 1 aromatic heterocycles. The molecule has 1 aromatic carbocycles. The van der Waals surface area contributed by atoms with Gasteiger partial charge in [-0.25, -0.2) is 0 Å². The van der Waals surface area contributed by atoms with Gasteiger partial charge in [0.25, 0.3) is 5.91 Å². The van der Waals surface area contributed by atoms with Crippen molar-refractivity contribution < 1.29 is 28.3 Å². The van der Waals surface area contributed by atoms with Crippen molar-refractivity contribution in [2.24, 2.45) is 5.92 Å². The normalized spacial score (nSPS) is 16.9. The third-order valence-electron chi connectivity index (χ3n) is 4.65. The summed E-state index contributed by atoms with van der Waals surface area (Å²) in [5.74, 6) is -2.73. The smallest absolute Gasteiger partial charge is 0.311 e. The number of carbonyl (C=O) groups is 4. The van der Waals surface area contributed by atoms with Gasteiger partial charge < -0.3 is 14.1 Å². The van der Waals surface area contributed by atoms with Gasteiger partial charge in [-0.3, -0.25) is 30.0 Å². The van der Waals surface area contributed by atoms with E-state index in [4.69, 9.17) is 9.15 Å². The van der Waals surface area contributed by atoms with Crippen LogP contribution in [0.3, 0.4) is 0 Å². The molecule has 9 nitrogen and oxygen atoms in total. The van der Waals surface area contributed by atoms with Gasteiger partial charge in [0.15, 0.2) is 12.4 Å². The largest absolute Gasteiger partial charge is 0.459 e. The monoisotopic (exact) mass is 399 g/mol. The summed E-state index contributed by atoms with van der Waals surface area (Å²) in [5.41, 5.74) is 5.23. The summed E-state index contributed by atoms with van der Waals surface area (Å²) in [6.07, 6.45) is 1.36. The minimum atomic E-state index is -0.711. The van der Waals surface area contributed by atoms with Gasteiger partial charge in [0, 0.05) is 13.0 Å². The van der Waals surface area contributed by atoms with E-state index in [0.717, 1.165) is 5.56 Å². The van der Waals surface area contributed by atoms with E-state index in [1.165, 1.54) is 18.4 Å². The molecule has 0 spiro atoms. The van der Waals surface area contributed by atoms with Crippen LogP contribution < -0.4 is 10.9 Å². The Morgan fingerprint density at radius 1 is 1.17 bits per heavy atom. The SMILES string of the molecule is C[C@@H](c1ccccc1)N1C[C@@H](C(=O)OCC(=O)NNC(=O)c2ccco2)CC1=O. The predicted octanol–water partition coefficient (Wildman–Crippen LogP) is 1.19. The molecule has 152 valence electrons. The number of carbonyl (C=O) groups excluding carboxylic acids is 4. The van der Waals surface area contributed by atoms with Gasteiger partial charge in [0.05, 0.1) is 18.2 Å². The van der Waals surface area contributed by atoms with Crippen LogP contribution in [0.15, 0.2) is 53.1 Å². The average molecular weight is 399 g/mol. The number of rotatable bonds is 6. The molecule has 29 heavy (non-hydrogen) atoms. The van der Waals surface area contributed by atoms with Crippen molar-refractivity contribution in [3.8, 4) is 0 Å². The van der Waals surface area contributed by atoms with Crippen LogP contribution in [0.1, 0.15) is 35.5 Å². The van der Waals surface area contributed by atoms with Crippen molar-refractivity contribution in [3.63, 3.8) is 0 Å². The van der Waals surface area contributed by atoms with E-state index >= 15 is 0 Å². The fourth-order valence-corrected chi connectivity index (χ4v) is 3.06. The van der Waals surface area contributed by atoms with Crippen molar-refractivity contribution in [1.29, 1.82) is 0 Å². The van der Waals surface area contributed by atoms with Gasteiger partial charge in [-0.15, -0.1) is 0 Å². The number of nitrogens with zero attached hydrogens (tertiary/aromatic N) is 1. The molecular weight excluding hydrogens is 378 g/mol. The number of hydrogen-bond acceptors (Lipinski definition) is 6. The van der Waals surface area contributed by atoms with Crippen molar-refractivity contribution in [1.82, 2.24) is 15.8 Å². The minimum absolute atomic E-state index is 0.0272. The van der Waals surface area contributed by atoms with Crippen molar-refractivity contribution in [2.75, 3.05) is 13.2 Å². The molecule has 1 aliphatic rings. The summed E-state index contributed by atoms with van der Waals surface area (Å²) in [6.45, 7) is 1.55. The molecule has 9 heteroatoms. The zero-order valence-corrected chi connectivity index (χ0v) is 15.8. The lowest BCUT2D eigenvalue weighted by Gasteiger charge is -2.25. The topological polar surface area (TPSA) is 118 Å². The quantitative estimate of drug-likeness (QED) is 0.557. The summed E-state index contributed by atoms with van der Waals surface area (Å²) in [4.78, 5) is 49.6. The summed E-state index contributed by atoms with van der Waals surface area (Å²) in [7, 11) is 0. The molecule has 0 unspecified atom stereocenters. The Hall–Kier alpha value is -3.62. The van der Waals surface area contributed by atoms with Gasteiger partial charge in [0.1, 0.15) is 0 Å². The molecule has 0 saturated carbocycles. The van der Waals surface area contributed by atoms with Gasteiger partial charge in [0.2, 0.25) is 5.91 Å². The van der Waals surface area contributed by atoms with Crippen LogP contribution in [-0.2, 0) is 19.1 Å². The zero-order valence-electron chi connectivity index (χ0n) is 15.8. The molecule has 1 aliphatic heterocycles. The molecule has 0 radical (unpaired) electrons. The zero-order chi connectivity index (χ0) is 20.8. The minimum Gasteiger partial charge on any atom is -0.459 e. The van der Waals surface area contributed by atoms with E-state index in [9.17, 15) is 19.2 Å². The molecule has 1 fully saturated rings. The Labute approximate surface area is 167 Å². The van der Waals surface area contributed by atoms with Crippen molar-refractivity contribution >= 4 is 23.7 Å². The van der Waals surface area contributed by atoms with Gasteiger partial charge in [-0.2, -0.15) is 0 Å². The first-order valence-electron chi connectivity index (χ1n) is 9.09. The van der Waals surface area contributed by atoms with E-state index in [1.54, 1.807) is 4.90 Å². The Bertz CT molecular complexity index is 881. The van der Waals surface area contributed by atoms with Gasteiger partial charge in [-0.1, -0.05) is 30.3 Å². The first-order chi connectivity index (χ1) is 14.0. The number of benzene rings is 1. The molecule has 2 N–H and O–H groups in total. The lowest BCUT2D eigenvalue weighted by Crippen LogP contribution is -2.43. The number of hydrogen-bond donors (Lipinski definition) is 2. The number of furan rings is 1. The lowest BCUT2D eigenvalue weighted by molar-refractivity contribution is -0.152. The molecule has 2 aromatic rings. The van der Waals surface area contributed by atoms with E-state index in [0.29, 0.717) is 0 Å². The molecular formula is C20H21N3O6. The average Bonchev–Trinajstić information content (AvgIpc) is 3.40. The summed E-state index contributed by atoms with van der Waals surface area (Å²) in [5, 5.41) is 0. The van der Waals surface area contributed by atoms with Crippen molar-refractivity contribution in [2.45, 2.75) is 19.4 Å². The molecule has 1 saturated heterocycles. The highest BCUT2D eigenvalue weighted by Gasteiger charge is 2.38. The maximum Gasteiger partial charge on any atom is 0.311 e. The van der Waals surface area contributed by atoms with Crippen molar-refractivity contribution in [3.05, 3.63) is 60.1 Å². The third kappa shape index (κ3) is 5.01. The number of hydrazine groups is 1. The van der Waals surface area contributed by atoms with Crippen LogP contribution in [0.25, 0.3) is 0 Å². The van der Waals surface area contributed by atoms with Crippen LogP contribution in [0, 0.1) is 5.92 Å². The Kier molecular flexibility index (Phi) is 6.28. The Morgan fingerprint density at radius 3 is 2.62 bits per heavy atom. The number of ether oxygens (including phenoxy) is 1. The van der Waals surface area contributed by atoms with Crippen LogP contribution in [0.4, 0.5) is 0 Å². The summed E-state index contributed by atoms with van der Waals surface area (Å²) in [6, 6.07) is 12.3. The second-order valence-corrected chi connectivity index (χ2v) is 6.62. The highest BCUT2D eigenvalue weighted by atomic mass is 16.5. The molecule has 0 bridgehead atoms. The van der Waals surface area contributed by atoms with Crippen LogP contribution in [-0.4, -0.2) is 41.7 Å². The lowest BCUT2D eigenvalue weighted by atomic mass is 10.1. The fraction of sp³-hybridized carbons (Fsp3) is 0.300. The second kappa shape index (κ2) is 9.05. The molecule has 3 amide bonds. The van der Waals surface area contributed by atoms with E-state index in [-0.39, 0.29) is 30.7 Å². The third-order valence-corrected chi connectivity index (χ3v) is 4.65. The highest BCUT2D eigenvalue weighted by molar-refractivity contribution is 5.93. The van der Waals surface area contributed by atoms with Crippen LogP contribution >= 0.6 is 0 Å². The maximum atomic E-state index is 12.3. The van der Waals surface area contributed by atoms with E-state index in [1.807, 2.05) is 37.3 Å². The fourth-order valence-electron chi connectivity index (χ4n) is 3.06. The predicted molar refractivity (Wildman–Crippen MR) is 100.0 cm³/mol. The Balaban J connectivity index is 1.44. The number of likely N-dealkylation sites (tertiary alicyclic amines) is 1. The van der Waals surface area contributed by atoms with Gasteiger partial charge >= 0.3 is 11.9 Å².